The van der Waals surface area contributed by atoms with Crippen LogP contribution in [0.4, 0.5) is 11.4 Å². The molecule has 9 nitrogen and oxygen atoms in total. The lowest BCUT2D eigenvalue weighted by molar-refractivity contribution is 0.280. The van der Waals surface area contributed by atoms with Crippen molar-refractivity contribution in [2.24, 2.45) is 0 Å². The van der Waals surface area contributed by atoms with E-state index in [-0.39, 0.29) is 0 Å². The van der Waals surface area contributed by atoms with Crippen LogP contribution in [0.2, 0.25) is 90.7 Å². The van der Waals surface area contributed by atoms with Gasteiger partial charge in [0.25, 0.3) is 0 Å². The van der Waals surface area contributed by atoms with Crippen molar-refractivity contribution in [3.8, 4) is 11.5 Å². The average molecular weight is 757 g/mol. The first-order valence-corrected chi connectivity index (χ1v) is 34.5. The van der Waals surface area contributed by atoms with Crippen LogP contribution in [0.3, 0.4) is 0 Å². The van der Waals surface area contributed by atoms with E-state index in [1.807, 2.05) is 48.5 Å². The van der Waals surface area contributed by atoms with Gasteiger partial charge in [-0.2, -0.15) is 0 Å². The number of anilines is 2. The minimum Gasteiger partial charge on any atom is -0.494 e. The minimum absolute atomic E-state index is 0.683. The smallest absolute Gasteiger partial charge is 0.314 e. The molecule has 0 fully saturated rings. The van der Waals surface area contributed by atoms with Gasteiger partial charge in [0.1, 0.15) is 11.5 Å². The molecule has 0 heterocycles. The fourth-order valence-electron chi connectivity index (χ4n) is 6.11. The third kappa shape index (κ3) is 18.3. The molecule has 0 aliphatic carbocycles. The SMILES string of the molecule is C[Si](C)(CCCCOc1ccc(N)cc1)O[Si](C)(C)O[Si](C)(C)O[Si](C)(C)O[Si](C)(C)O[Si](C)(C)CCCCOc1ccc(N)cc1. The monoisotopic (exact) mass is 756 g/mol. The second-order valence-electron chi connectivity index (χ2n) is 15.4. The van der Waals surface area contributed by atoms with Crippen LogP contribution in [-0.4, -0.2) is 64.1 Å². The van der Waals surface area contributed by atoms with Crippen molar-refractivity contribution in [3.63, 3.8) is 0 Å². The molecule has 4 N–H and O–H groups in total. The summed E-state index contributed by atoms with van der Waals surface area (Å²) in [5, 5.41) is 0. The zero-order chi connectivity index (χ0) is 35.6. The number of hydrogen-bond acceptors (Lipinski definition) is 9. The third-order valence-corrected chi connectivity index (χ3v) is 30.4. The Bertz CT molecular complexity index is 1120. The predicted octanol–water partition coefficient (Wildman–Crippen LogP) is 9.17. The Balaban J connectivity index is 1.78. The molecule has 0 radical (unpaired) electrons. The lowest BCUT2D eigenvalue weighted by atomic mass is 10.3. The lowest BCUT2D eigenvalue weighted by Gasteiger charge is -2.43. The number of benzene rings is 2. The van der Waals surface area contributed by atoms with E-state index in [1.54, 1.807) is 0 Å². The maximum atomic E-state index is 6.81. The summed E-state index contributed by atoms with van der Waals surface area (Å²) in [6.07, 6.45) is 4.07. The Morgan fingerprint density at radius 1 is 0.404 bits per heavy atom. The van der Waals surface area contributed by atoms with E-state index >= 15 is 0 Å². The van der Waals surface area contributed by atoms with Gasteiger partial charge in [-0.1, -0.05) is 12.8 Å². The molecule has 268 valence electrons. The van der Waals surface area contributed by atoms with Gasteiger partial charge >= 0.3 is 34.2 Å². The number of rotatable bonds is 22. The fraction of sp³-hybridized carbons (Fsp3) is 0.625. The van der Waals surface area contributed by atoms with Crippen molar-refractivity contribution >= 4 is 62.3 Å². The van der Waals surface area contributed by atoms with Crippen LogP contribution in [0.1, 0.15) is 25.7 Å². The van der Waals surface area contributed by atoms with Gasteiger partial charge in [-0.25, -0.2) is 0 Å². The molecule has 0 aliphatic rings. The van der Waals surface area contributed by atoms with Gasteiger partial charge in [-0.15, -0.1) is 0 Å². The van der Waals surface area contributed by atoms with Crippen molar-refractivity contribution in [1.29, 1.82) is 0 Å². The number of nitrogens with two attached hydrogens (primary N) is 2. The third-order valence-electron chi connectivity index (χ3n) is 7.16. The Morgan fingerprint density at radius 2 is 0.681 bits per heavy atom. The van der Waals surface area contributed by atoms with Crippen LogP contribution in [0.25, 0.3) is 0 Å². The van der Waals surface area contributed by atoms with Crippen LogP contribution in [0.5, 0.6) is 11.5 Å². The molecule has 15 heteroatoms. The number of unbranched alkanes of at least 4 members (excludes halogenated alkanes) is 2. The molecular weight excluding hydrogens is 693 g/mol. The highest BCUT2D eigenvalue weighted by Gasteiger charge is 2.47. The summed E-state index contributed by atoms with van der Waals surface area (Å²) in [4.78, 5) is 0. The van der Waals surface area contributed by atoms with E-state index in [1.165, 1.54) is 0 Å². The van der Waals surface area contributed by atoms with Crippen LogP contribution in [0, 0.1) is 0 Å². The van der Waals surface area contributed by atoms with Crippen molar-refractivity contribution < 1.29 is 30.0 Å². The molecule has 2 aromatic carbocycles. The fourth-order valence-corrected chi connectivity index (χ4v) is 36.1. The van der Waals surface area contributed by atoms with E-state index in [4.69, 9.17) is 41.5 Å². The van der Waals surface area contributed by atoms with E-state index < -0.39 is 50.9 Å². The summed E-state index contributed by atoms with van der Waals surface area (Å²) in [5.41, 5.74) is 13.0. The molecule has 0 aliphatic heterocycles. The molecule has 2 aromatic rings. The summed E-state index contributed by atoms with van der Waals surface area (Å²) in [6.45, 7) is 27.6. The summed E-state index contributed by atoms with van der Waals surface area (Å²) < 4.78 is 45.7. The number of nitrogen functional groups attached to an aromatic ring is 2. The summed E-state index contributed by atoms with van der Waals surface area (Å²) in [6, 6.07) is 17.2. The van der Waals surface area contributed by atoms with E-state index in [0.717, 1.165) is 60.6 Å². The van der Waals surface area contributed by atoms with Gasteiger partial charge in [-0.3, -0.25) is 0 Å². The molecule has 0 unspecified atom stereocenters. The molecule has 0 amide bonds. The van der Waals surface area contributed by atoms with E-state index in [9.17, 15) is 0 Å². The van der Waals surface area contributed by atoms with E-state index in [0.29, 0.717) is 13.2 Å². The lowest BCUT2D eigenvalue weighted by Crippen LogP contribution is -2.60. The van der Waals surface area contributed by atoms with Crippen LogP contribution >= 0.6 is 0 Å². The van der Waals surface area contributed by atoms with Gasteiger partial charge in [0.2, 0.25) is 0 Å². The Hall–Kier alpha value is -1.26. The van der Waals surface area contributed by atoms with Gasteiger partial charge in [-0.05, 0) is 152 Å². The molecule has 2 rings (SSSR count). The summed E-state index contributed by atoms with van der Waals surface area (Å²) in [5.74, 6) is 1.71. The molecule has 47 heavy (non-hydrogen) atoms. The normalized spacial score (nSPS) is 13.5. The predicted molar refractivity (Wildman–Crippen MR) is 211 cm³/mol. The van der Waals surface area contributed by atoms with Gasteiger partial charge in [0.05, 0.1) is 13.2 Å². The highest BCUT2D eigenvalue weighted by molar-refractivity contribution is 6.91. The van der Waals surface area contributed by atoms with Crippen molar-refractivity contribution in [1.82, 2.24) is 0 Å². The molecule has 0 spiro atoms. The maximum absolute atomic E-state index is 6.81. The Morgan fingerprint density at radius 3 is 0.979 bits per heavy atom. The van der Waals surface area contributed by atoms with E-state index in [2.05, 4.69) is 78.6 Å². The second kappa shape index (κ2) is 17.6. The zero-order valence-electron chi connectivity index (χ0n) is 31.3. The number of hydrogen-bond donors (Lipinski definition) is 2. The molecule has 0 saturated carbocycles. The van der Waals surface area contributed by atoms with Gasteiger partial charge < -0.3 is 41.5 Å². The van der Waals surface area contributed by atoms with Crippen molar-refractivity contribution in [2.75, 3.05) is 24.7 Å². The average Bonchev–Trinajstić information content (AvgIpc) is 2.86. The first-order valence-electron chi connectivity index (χ1n) is 17.0. The summed E-state index contributed by atoms with van der Waals surface area (Å²) in [7, 11) is -13.9. The standard InChI is InChI=1S/C32H64N2O7Si6/c1-42(2,27-15-13-25-35-31-21-17-29(33)18-22-31)37-44(5,6)39-46(9,10)41-47(11,12)40-45(7,8)38-43(3,4)28-16-14-26-36-32-23-19-30(34)20-24-32/h17-24H,13-16,25-28,33-34H2,1-12H3. The van der Waals surface area contributed by atoms with Crippen LogP contribution in [-0.2, 0) is 20.6 Å². The summed E-state index contributed by atoms with van der Waals surface area (Å²) >= 11 is 0. The number of ether oxygens (including phenoxy) is 2. The first-order chi connectivity index (χ1) is 21.5. The Kier molecular flexibility index (Phi) is 15.7. The Labute approximate surface area is 292 Å². The highest BCUT2D eigenvalue weighted by atomic mass is 28.5. The second-order valence-corrected chi connectivity index (χ2v) is 38.7. The topological polar surface area (TPSA) is 117 Å². The molecule has 0 aromatic heterocycles. The molecule has 0 bridgehead atoms. The largest absolute Gasteiger partial charge is 0.494 e. The maximum Gasteiger partial charge on any atom is 0.314 e. The zero-order valence-corrected chi connectivity index (χ0v) is 37.3. The quantitative estimate of drug-likeness (QED) is 0.0689. The van der Waals surface area contributed by atoms with Gasteiger partial charge in [0, 0.05) is 11.4 Å². The minimum atomic E-state index is -2.56. The van der Waals surface area contributed by atoms with Crippen molar-refractivity contribution in [3.05, 3.63) is 48.5 Å². The van der Waals surface area contributed by atoms with Crippen LogP contribution in [0.15, 0.2) is 48.5 Å². The van der Waals surface area contributed by atoms with Crippen molar-refractivity contribution in [2.45, 2.75) is 116 Å². The van der Waals surface area contributed by atoms with Gasteiger partial charge in [0.15, 0.2) is 16.6 Å². The first kappa shape index (κ1) is 41.9. The molecule has 0 atom stereocenters. The van der Waals surface area contributed by atoms with Crippen LogP contribution < -0.4 is 20.9 Å². The molecular formula is C32H64N2O7Si6. The molecule has 0 saturated heterocycles. The highest BCUT2D eigenvalue weighted by Crippen LogP contribution is 2.30.